The van der Waals surface area contributed by atoms with Gasteiger partial charge in [-0.2, -0.15) is 19.6 Å². The van der Waals surface area contributed by atoms with Gasteiger partial charge in [-0.25, -0.2) is 0 Å². The first-order chi connectivity index (χ1) is 8.67. The molecule has 0 amide bonds. The number of rotatable bonds is 5. The maximum absolute atomic E-state index is 6.09. The highest BCUT2D eigenvalue weighted by atomic mass is 35.5. The van der Waals surface area contributed by atoms with Gasteiger partial charge in [-0.3, -0.25) is 0 Å². The highest BCUT2D eigenvalue weighted by molar-refractivity contribution is 6.30. The van der Waals surface area contributed by atoms with Gasteiger partial charge >= 0.3 is 0 Å². The summed E-state index contributed by atoms with van der Waals surface area (Å²) in [5.41, 5.74) is 0.851. The fourth-order valence-electron chi connectivity index (χ4n) is 1.72. The lowest BCUT2D eigenvalue weighted by atomic mass is 10.2. The molecule has 0 saturated carbocycles. The Hall–Kier alpha value is -1.40. The van der Waals surface area contributed by atoms with Gasteiger partial charge in [-0.15, -0.1) is 0 Å². The van der Waals surface area contributed by atoms with E-state index in [1.807, 2.05) is 6.92 Å². The van der Waals surface area contributed by atoms with E-state index in [0.717, 1.165) is 17.8 Å². The van der Waals surface area contributed by atoms with Crippen molar-refractivity contribution in [3.63, 3.8) is 0 Å². The predicted molar refractivity (Wildman–Crippen MR) is 70.1 cm³/mol. The summed E-state index contributed by atoms with van der Waals surface area (Å²) in [6.45, 7) is 4.61. The second-order valence-electron chi connectivity index (χ2n) is 4.05. The van der Waals surface area contributed by atoms with Gasteiger partial charge in [0.25, 0.3) is 5.78 Å². The first-order valence-electron chi connectivity index (χ1n) is 5.78. The Labute approximate surface area is 110 Å². The quantitative estimate of drug-likeness (QED) is 0.840. The number of ether oxygens (including phenoxy) is 1. The normalized spacial score (nSPS) is 12.9. The molecule has 0 aromatic carbocycles. The average Bonchev–Trinajstić information content (AvgIpc) is 2.81. The zero-order valence-corrected chi connectivity index (χ0v) is 11.4. The number of nitrogens with zero attached hydrogens (tertiary/aromatic N) is 4. The third kappa shape index (κ3) is 2.39. The average molecular weight is 270 g/mol. The minimum absolute atomic E-state index is 0.194. The first-order valence-corrected chi connectivity index (χ1v) is 6.16. The van der Waals surface area contributed by atoms with Crippen LogP contribution in [0, 0.1) is 6.92 Å². The van der Waals surface area contributed by atoms with Crippen molar-refractivity contribution < 1.29 is 4.74 Å². The molecule has 1 atom stereocenters. The van der Waals surface area contributed by atoms with Crippen LogP contribution in [-0.2, 0) is 4.74 Å². The van der Waals surface area contributed by atoms with E-state index < -0.39 is 0 Å². The summed E-state index contributed by atoms with van der Waals surface area (Å²) in [6.07, 6.45) is 2.39. The maximum atomic E-state index is 6.09. The number of methoxy groups -OCH3 is 1. The van der Waals surface area contributed by atoms with Crippen molar-refractivity contribution in [2.24, 2.45) is 0 Å². The molecule has 0 aliphatic carbocycles. The second-order valence-corrected chi connectivity index (χ2v) is 4.41. The Morgan fingerprint density at radius 2 is 2.33 bits per heavy atom. The van der Waals surface area contributed by atoms with Crippen molar-refractivity contribution in [1.82, 2.24) is 19.6 Å². The minimum Gasteiger partial charge on any atom is -0.383 e. The molecule has 6 nitrogen and oxygen atoms in total. The standard InChI is InChI=1S/C11H16ClN5O/c1-4-8(5-18-3)15-10-7(2)9(12)16-11-13-6-14-17(10)11/h6,8,15H,4-5H2,1-3H3. The molecule has 98 valence electrons. The molecule has 0 fully saturated rings. The summed E-state index contributed by atoms with van der Waals surface area (Å²) in [5, 5.41) is 7.96. The maximum Gasteiger partial charge on any atom is 0.255 e. The summed E-state index contributed by atoms with van der Waals surface area (Å²) < 4.78 is 6.83. The summed E-state index contributed by atoms with van der Waals surface area (Å²) in [4.78, 5) is 8.20. The van der Waals surface area contributed by atoms with E-state index in [9.17, 15) is 0 Å². The molecule has 0 saturated heterocycles. The van der Waals surface area contributed by atoms with Crippen molar-refractivity contribution in [3.05, 3.63) is 17.0 Å². The topological polar surface area (TPSA) is 64.3 Å². The molecule has 0 aliphatic rings. The van der Waals surface area contributed by atoms with Gasteiger partial charge in [0.2, 0.25) is 0 Å². The third-order valence-corrected chi connectivity index (χ3v) is 3.17. The molecular weight excluding hydrogens is 254 g/mol. The highest BCUT2D eigenvalue weighted by Gasteiger charge is 2.15. The number of hydrogen-bond acceptors (Lipinski definition) is 5. The van der Waals surface area contributed by atoms with Crippen molar-refractivity contribution in [2.75, 3.05) is 19.0 Å². The molecule has 7 heteroatoms. The molecule has 2 aromatic heterocycles. The Morgan fingerprint density at radius 1 is 1.56 bits per heavy atom. The molecule has 18 heavy (non-hydrogen) atoms. The lowest BCUT2D eigenvalue weighted by Crippen LogP contribution is -2.26. The van der Waals surface area contributed by atoms with E-state index in [-0.39, 0.29) is 6.04 Å². The molecule has 2 rings (SSSR count). The fraction of sp³-hybridized carbons (Fsp3) is 0.545. The largest absolute Gasteiger partial charge is 0.383 e. The smallest absolute Gasteiger partial charge is 0.255 e. The Bertz CT molecular complexity index is 541. The van der Waals surface area contributed by atoms with Crippen LogP contribution < -0.4 is 5.32 Å². The van der Waals surface area contributed by atoms with Gasteiger partial charge in [0, 0.05) is 12.7 Å². The monoisotopic (exact) mass is 269 g/mol. The van der Waals surface area contributed by atoms with E-state index >= 15 is 0 Å². The summed E-state index contributed by atoms with van der Waals surface area (Å²) in [5.74, 6) is 1.30. The zero-order valence-electron chi connectivity index (χ0n) is 10.6. The van der Waals surface area contributed by atoms with Gasteiger partial charge in [0.15, 0.2) is 0 Å². The number of fused-ring (bicyclic) bond motifs is 1. The van der Waals surface area contributed by atoms with Gasteiger partial charge in [0.1, 0.15) is 17.3 Å². The summed E-state index contributed by atoms with van der Waals surface area (Å²) in [7, 11) is 1.68. The number of aromatic nitrogens is 4. The van der Waals surface area contributed by atoms with Gasteiger partial charge in [0.05, 0.1) is 12.6 Å². The molecule has 1 unspecified atom stereocenters. The van der Waals surface area contributed by atoms with Crippen molar-refractivity contribution in [2.45, 2.75) is 26.3 Å². The van der Waals surface area contributed by atoms with Crippen molar-refractivity contribution >= 4 is 23.2 Å². The Morgan fingerprint density at radius 3 is 3.00 bits per heavy atom. The van der Waals surface area contributed by atoms with Crippen LogP contribution in [0.25, 0.3) is 5.78 Å². The van der Waals surface area contributed by atoms with E-state index in [1.54, 1.807) is 11.6 Å². The van der Waals surface area contributed by atoms with Crippen molar-refractivity contribution in [3.8, 4) is 0 Å². The van der Waals surface area contributed by atoms with Gasteiger partial charge in [-0.1, -0.05) is 18.5 Å². The lowest BCUT2D eigenvalue weighted by Gasteiger charge is -2.19. The number of nitrogens with one attached hydrogen (secondary N) is 1. The number of halogens is 1. The van der Waals surface area contributed by atoms with Crippen LogP contribution in [0.15, 0.2) is 6.33 Å². The fourth-order valence-corrected chi connectivity index (χ4v) is 1.89. The highest BCUT2D eigenvalue weighted by Crippen LogP contribution is 2.23. The molecule has 0 aliphatic heterocycles. The second kappa shape index (κ2) is 5.49. The van der Waals surface area contributed by atoms with Crippen LogP contribution in [0.2, 0.25) is 5.15 Å². The van der Waals surface area contributed by atoms with Crippen LogP contribution in [0.1, 0.15) is 18.9 Å². The van der Waals surface area contributed by atoms with Crippen LogP contribution in [-0.4, -0.2) is 39.3 Å². The van der Waals surface area contributed by atoms with Gasteiger partial charge < -0.3 is 10.1 Å². The molecule has 0 spiro atoms. The summed E-state index contributed by atoms with van der Waals surface area (Å²) in [6, 6.07) is 0.194. The molecule has 2 aromatic rings. The summed E-state index contributed by atoms with van der Waals surface area (Å²) >= 11 is 6.09. The van der Waals surface area contributed by atoms with E-state index in [1.165, 1.54) is 6.33 Å². The predicted octanol–water partition coefficient (Wildman–Crippen LogP) is 1.92. The van der Waals surface area contributed by atoms with Gasteiger partial charge in [-0.05, 0) is 13.3 Å². The first kappa shape index (κ1) is 13.0. The molecule has 1 N–H and O–H groups in total. The van der Waals surface area contributed by atoms with E-state index in [2.05, 4.69) is 27.3 Å². The molecule has 0 radical (unpaired) electrons. The van der Waals surface area contributed by atoms with E-state index in [0.29, 0.717) is 17.5 Å². The van der Waals surface area contributed by atoms with Crippen LogP contribution in [0.5, 0.6) is 0 Å². The molecule has 2 heterocycles. The Kier molecular flexibility index (Phi) is 3.98. The SMILES string of the molecule is CCC(COC)Nc1c(C)c(Cl)nc2ncnn12. The Balaban J connectivity index is 2.41. The van der Waals surface area contributed by atoms with Crippen LogP contribution in [0.3, 0.4) is 0 Å². The molecular formula is C11H16ClN5O. The van der Waals surface area contributed by atoms with Crippen LogP contribution >= 0.6 is 11.6 Å². The number of hydrogen-bond donors (Lipinski definition) is 1. The minimum atomic E-state index is 0.194. The molecule has 0 bridgehead atoms. The number of anilines is 1. The lowest BCUT2D eigenvalue weighted by molar-refractivity contribution is 0.184. The van der Waals surface area contributed by atoms with Crippen LogP contribution in [0.4, 0.5) is 5.82 Å². The third-order valence-electron chi connectivity index (χ3n) is 2.81. The zero-order chi connectivity index (χ0) is 13.1. The van der Waals surface area contributed by atoms with Crippen molar-refractivity contribution in [1.29, 1.82) is 0 Å². The van der Waals surface area contributed by atoms with E-state index in [4.69, 9.17) is 16.3 Å².